The Hall–Kier alpha value is -3.03. The van der Waals surface area contributed by atoms with Gasteiger partial charge in [-0.2, -0.15) is 20.5 Å². The molecule has 8 nitrogen and oxygen atoms in total. The Bertz CT molecular complexity index is 1110. The van der Waals surface area contributed by atoms with Crippen LogP contribution in [-0.2, 0) is 12.8 Å². The third-order valence-electron chi connectivity index (χ3n) is 6.19. The van der Waals surface area contributed by atoms with Gasteiger partial charge in [-0.1, -0.05) is 0 Å². The molecule has 2 aliphatic rings. The number of carbonyl (C=O) groups excluding carboxylic acids is 1. The molecule has 1 aromatic carbocycles. The lowest BCUT2D eigenvalue weighted by molar-refractivity contribution is 0.0921. The van der Waals surface area contributed by atoms with Crippen LogP contribution in [0.2, 0.25) is 0 Å². The predicted octanol–water partition coefficient (Wildman–Crippen LogP) is 2.31. The molecule has 0 atom stereocenters. The molecule has 1 saturated carbocycles. The van der Waals surface area contributed by atoms with Crippen molar-refractivity contribution < 1.29 is 4.79 Å². The number of nitrogens with zero attached hydrogens (tertiary/aromatic N) is 4. The zero-order chi connectivity index (χ0) is 19.8. The summed E-state index contributed by atoms with van der Waals surface area (Å²) in [5.74, 6) is -0.0950. The fourth-order valence-corrected chi connectivity index (χ4v) is 4.55. The normalized spacial score (nSPS) is 21.7. The van der Waals surface area contributed by atoms with Crippen LogP contribution in [0.1, 0.15) is 66.2 Å². The van der Waals surface area contributed by atoms with Crippen LogP contribution in [0.5, 0.6) is 0 Å². The molecule has 8 heteroatoms. The summed E-state index contributed by atoms with van der Waals surface area (Å²) < 4.78 is 1.70. The van der Waals surface area contributed by atoms with Gasteiger partial charge in [-0.25, -0.2) is 4.68 Å². The number of amides is 1. The van der Waals surface area contributed by atoms with Crippen molar-refractivity contribution in [2.75, 3.05) is 0 Å². The lowest BCUT2D eigenvalue weighted by Gasteiger charge is -2.30. The molecule has 2 N–H and O–H groups in total. The number of nitrogens with one attached hydrogen (secondary N) is 2. The molecule has 1 amide bonds. The molecule has 0 unspecified atom stereocenters. The van der Waals surface area contributed by atoms with Crippen molar-refractivity contribution >= 4 is 16.9 Å². The fourth-order valence-electron chi connectivity index (χ4n) is 4.55. The van der Waals surface area contributed by atoms with E-state index in [4.69, 9.17) is 5.10 Å². The number of aromatic amines is 1. The summed E-state index contributed by atoms with van der Waals surface area (Å²) in [4.78, 5) is 25.1. The Morgan fingerprint density at radius 1 is 1.03 bits per heavy atom. The summed E-state index contributed by atoms with van der Waals surface area (Å²) >= 11 is 0. The van der Waals surface area contributed by atoms with E-state index in [0.29, 0.717) is 11.1 Å². The van der Waals surface area contributed by atoms with E-state index in [1.54, 1.807) is 28.9 Å². The second-order valence-electron chi connectivity index (χ2n) is 8.11. The van der Waals surface area contributed by atoms with Crippen molar-refractivity contribution in [1.82, 2.24) is 30.5 Å². The monoisotopic (exact) mass is 392 g/mol. The summed E-state index contributed by atoms with van der Waals surface area (Å²) in [6.07, 6.45) is 7.61. The van der Waals surface area contributed by atoms with E-state index in [0.717, 1.165) is 68.1 Å². The van der Waals surface area contributed by atoms with Crippen molar-refractivity contribution in [1.29, 1.82) is 0 Å². The summed E-state index contributed by atoms with van der Waals surface area (Å²) in [5.41, 5.74) is 4.24. The second-order valence-corrected chi connectivity index (χ2v) is 8.11. The summed E-state index contributed by atoms with van der Waals surface area (Å²) in [6, 6.07) is 7.32. The number of rotatable bonds is 3. The summed E-state index contributed by atoms with van der Waals surface area (Å²) in [7, 11) is 0. The highest BCUT2D eigenvalue weighted by Gasteiger charge is 2.26. The molecule has 1 fully saturated rings. The molecule has 2 aliphatic carbocycles. The average molecular weight is 392 g/mol. The first kappa shape index (κ1) is 18.0. The van der Waals surface area contributed by atoms with Gasteiger partial charge in [0.25, 0.3) is 11.5 Å². The quantitative estimate of drug-likeness (QED) is 0.711. The van der Waals surface area contributed by atoms with Gasteiger partial charge in [0.2, 0.25) is 0 Å². The van der Waals surface area contributed by atoms with Gasteiger partial charge in [0.1, 0.15) is 11.0 Å². The number of hydrogen-bond acceptors (Lipinski definition) is 5. The first-order chi connectivity index (χ1) is 14.2. The molecule has 2 heterocycles. The molecule has 29 heavy (non-hydrogen) atoms. The first-order valence-corrected chi connectivity index (χ1v) is 10.4. The lowest BCUT2D eigenvalue weighted by atomic mass is 9.90. The average Bonchev–Trinajstić information content (AvgIpc) is 3.22. The molecular formula is C21H24N6O2. The number of carbonyl (C=O) groups is 1. The van der Waals surface area contributed by atoms with Crippen molar-refractivity contribution in [2.45, 2.75) is 63.5 Å². The second kappa shape index (κ2) is 7.42. The van der Waals surface area contributed by atoms with Gasteiger partial charge in [-0.15, -0.1) is 0 Å². The molecule has 150 valence electrons. The first-order valence-electron chi connectivity index (χ1n) is 10.4. The number of H-pyrrole nitrogens is 1. The maximum Gasteiger partial charge on any atom is 0.267 e. The number of aromatic nitrogens is 5. The van der Waals surface area contributed by atoms with Crippen LogP contribution in [0, 0.1) is 0 Å². The van der Waals surface area contributed by atoms with Gasteiger partial charge in [0.15, 0.2) is 0 Å². The zero-order valence-electron chi connectivity index (χ0n) is 16.2. The highest BCUT2D eigenvalue weighted by atomic mass is 16.1. The van der Waals surface area contributed by atoms with Gasteiger partial charge in [0, 0.05) is 17.7 Å². The Labute approximate surface area is 167 Å². The minimum Gasteiger partial charge on any atom is -0.349 e. The van der Waals surface area contributed by atoms with Crippen molar-refractivity contribution in [3.63, 3.8) is 0 Å². The Morgan fingerprint density at radius 2 is 1.83 bits per heavy atom. The van der Waals surface area contributed by atoms with Crippen LogP contribution in [0.25, 0.3) is 11.0 Å². The van der Waals surface area contributed by atoms with Gasteiger partial charge in [-0.3, -0.25) is 9.59 Å². The van der Waals surface area contributed by atoms with Crippen molar-refractivity contribution in [2.24, 2.45) is 0 Å². The molecule has 3 aromatic rings. The lowest BCUT2D eigenvalue weighted by Crippen LogP contribution is -2.40. The largest absolute Gasteiger partial charge is 0.349 e. The number of aryl methyl sites for hydroxylation is 2. The number of fused-ring (bicyclic) bond motifs is 2. The number of benzene rings is 1. The van der Waals surface area contributed by atoms with Crippen LogP contribution in [-0.4, -0.2) is 37.1 Å². The van der Waals surface area contributed by atoms with E-state index in [1.807, 2.05) is 0 Å². The number of hydrogen-bond donors (Lipinski definition) is 2. The van der Waals surface area contributed by atoms with Crippen LogP contribution < -0.4 is 10.9 Å². The minimum atomic E-state index is -0.0950. The third kappa shape index (κ3) is 3.54. The SMILES string of the molecule is O=C(NC1CCC(n2nc3c(cc2=O)CCCC3)CC1)c1ccc2n[nH]nc2c1. The van der Waals surface area contributed by atoms with E-state index in [9.17, 15) is 9.59 Å². The van der Waals surface area contributed by atoms with Crippen molar-refractivity contribution in [3.05, 3.63) is 51.4 Å². The van der Waals surface area contributed by atoms with Gasteiger partial charge >= 0.3 is 0 Å². The van der Waals surface area contributed by atoms with Gasteiger partial charge < -0.3 is 5.32 Å². The highest BCUT2D eigenvalue weighted by Crippen LogP contribution is 2.28. The highest BCUT2D eigenvalue weighted by molar-refractivity contribution is 5.97. The summed E-state index contributed by atoms with van der Waals surface area (Å²) in [6.45, 7) is 0. The molecular weight excluding hydrogens is 368 g/mol. The topological polar surface area (TPSA) is 106 Å². The molecule has 5 rings (SSSR count). The Balaban J connectivity index is 1.23. The van der Waals surface area contributed by atoms with E-state index in [-0.39, 0.29) is 23.6 Å². The molecule has 2 aromatic heterocycles. The van der Waals surface area contributed by atoms with E-state index in [1.165, 1.54) is 0 Å². The van der Waals surface area contributed by atoms with E-state index >= 15 is 0 Å². The molecule has 0 radical (unpaired) electrons. The van der Waals surface area contributed by atoms with E-state index < -0.39 is 0 Å². The van der Waals surface area contributed by atoms with Crippen LogP contribution in [0.4, 0.5) is 0 Å². The zero-order valence-corrected chi connectivity index (χ0v) is 16.2. The summed E-state index contributed by atoms with van der Waals surface area (Å²) in [5, 5.41) is 18.4. The maximum atomic E-state index is 12.6. The van der Waals surface area contributed by atoms with Gasteiger partial charge in [0.05, 0.1) is 11.7 Å². The van der Waals surface area contributed by atoms with Crippen LogP contribution in [0.3, 0.4) is 0 Å². The minimum absolute atomic E-state index is 0.0130. The van der Waals surface area contributed by atoms with E-state index in [2.05, 4.69) is 20.7 Å². The predicted molar refractivity (Wildman–Crippen MR) is 108 cm³/mol. The Kier molecular flexibility index (Phi) is 4.61. The third-order valence-corrected chi connectivity index (χ3v) is 6.19. The molecule has 0 bridgehead atoms. The van der Waals surface area contributed by atoms with Crippen molar-refractivity contribution in [3.8, 4) is 0 Å². The molecule has 0 spiro atoms. The smallest absolute Gasteiger partial charge is 0.267 e. The standard InChI is InChI=1S/C21H24N6O2/c28-20-12-13-3-1-2-4-17(13)25-27(20)16-8-6-15(7-9-16)22-21(29)14-5-10-18-19(11-14)24-26-23-18/h5,10-12,15-16H,1-4,6-9H2,(H,22,29)(H,23,24,26). The Morgan fingerprint density at radius 3 is 2.69 bits per heavy atom. The van der Waals surface area contributed by atoms with Crippen LogP contribution in [0.15, 0.2) is 29.1 Å². The molecule has 0 saturated heterocycles. The van der Waals surface area contributed by atoms with Crippen LogP contribution >= 0.6 is 0 Å². The molecule has 0 aliphatic heterocycles. The fraction of sp³-hybridized carbons (Fsp3) is 0.476. The maximum absolute atomic E-state index is 12.6. The van der Waals surface area contributed by atoms with Gasteiger partial charge in [-0.05, 0) is 75.1 Å².